The summed E-state index contributed by atoms with van der Waals surface area (Å²) in [6.07, 6.45) is 14.0. The summed E-state index contributed by atoms with van der Waals surface area (Å²) in [6.45, 7) is 8.94. The van der Waals surface area contributed by atoms with Crippen LogP contribution in [0.3, 0.4) is 0 Å². The first-order valence-corrected chi connectivity index (χ1v) is 13.5. The molecule has 0 unspecified atom stereocenters. The van der Waals surface area contributed by atoms with Crippen molar-refractivity contribution >= 4 is 13.3 Å². The summed E-state index contributed by atoms with van der Waals surface area (Å²) in [4.78, 5) is 0. The van der Waals surface area contributed by atoms with Crippen molar-refractivity contribution in [2.24, 2.45) is 0 Å². The summed E-state index contributed by atoms with van der Waals surface area (Å²) in [5.41, 5.74) is 0. The fourth-order valence-electron chi connectivity index (χ4n) is 3.36. The van der Waals surface area contributed by atoms with E-state index in [1.54, 1.807) is 5.19 Å². The van der Waals surface area contributed by atoms with Crippen LogP contribution in [-0.4, -0.2) is 21.3 Å². The summed E-state index contributed by atoms with van der Waals surface area (Å²) in [5.74, 6) is 0. The van der Waals surface area contributed by atoms with E-state index in [0.717, 1.165) is 13.2 Å². The standard InChI is InChI=1S/C22H40OSi/c1-4-23-20-16-11-9-7-5-6-8-10-12-17-21-24(2,3)22-18-14-13-15-19-22/h13-15,18-19H,4-12,16-17,20-21H2,1-3H3. The Kier molecular flexibility index (Phi) is 12.2. The maximum Gasteiger partial charge on any atom is 0.0806 e. The van der Waals surface area contributed by atoms with Crippen molar-refractivity contribution in [2.45, 2.75) is 90.3 Å². The third-order valence-electron chi connectivity index (χ3n) is 5.10. The van der Waals surface area contributed by atoms with E-state index in [0.29, 0.717) is 0 Å². The number of hydrogen-bond acceptors (Lipinski definition) is 1. The third-order valence-corrected chi connectivity index (χ3v) is 8.60. The van der Waals surface area contributed by atoms with Gasteiger partial charge in [-0.1, -0.05) is 112 Å². The smallest absolute Gasteiger partial charge is 0.0806 e. The van der Waals surface area contributed by atoms with E-state index in [4.69, 9.17) is 4.74 Å². The van der Waals surface area contributed by atoms with E-state index in [1.165, 1.54) is 70.3 Å². The van der Waals surface area contributed by atoms with Crippen LogP contribution in [0.5, 0.6) is 0 Å². The zero-order valence-corrected chi connectivity index (χ0v) is 17.5. The molecule has 0 aliphatic carbocycles. The molecule has 0 aliphatic heterocycles. The molecule has 1 rings (SSSR count). The Morgan fingerprint density at radius 1 is 0.708 bits per heavy atom. The lowest BCUT2D eigenvalue weighted by atomic mass is 10.1. The molecule has 0 heterocycles. The van der Waals surface area contributed by atoms with Gasteiger partial charge in [0.1, 0.15) is 0 Å². The van der Waals surface area contributed by atoms with E-state index in [1.807, 2.05) is 0 Å². The second kappa shape index (κ2) is 13.7. The Morgan fingerprint density at radius 3 is 1.75 bits per heavy atom. The van der Waals surface area contributed by atoms with Crippen LogP contribution in [0.25, 0.3) is 0 Å². The van der Waals surface area contributed by atoms with Crippen molar-refractivity contribution < 1.29 is 4.74 Å². The van der Waals surface area contributed by atoms with Gasteiger partial charge in [-0.05, 0) is 13.3 Å². The number of unbranched alkanes of at least 4 members (excludes halogenated alkanes) is 9. The molecule has 0 saturated carbocycles. The predicted molar refractivity (Wildman–Crippen MR) is 111 cm³/mol. The van der Waals surface area contributed by atoms with Crippen molar-refractivity contribution in [3.8, 4) is 0 Å². The molecule has 0 N–H and O–H groups in total. The second-order valence-electron chi connectivity index (χ2n) is 7.73. The average molecular weight is 349 g/mol. The lowest BCUT2D eigenvalue weighted by molar-refractivity contribution is 0.143. The van der Waals surface area contributed by atoms with Gasteiger partial charge in [0.05, 0.1) is 8.07 Å². The highest BCUT2D eigenvalue weighted by molar-refractivity contribution is 6.89. The molecule has 1 nitrogen and oxygen atoms in total. The first-order chi connectivity index (χ1) is 11.7. The first-order valence-electron chi connectivity index (χ1n) is 10.3. The van der Waals surface area contributed by atoms with Gasteiger partial charge in [0.2, 0.25) is 0 Å². The molecule has 0 aromatic heterocycles. The minimum Gasteiger partial charge on any atom is -0.382 e. The molecular weight excluding hydrogens is 308 g/mol. The summed E-state index contributed by atoms with van der Waals surface area (Å²) >= 11 is 0. The van der Waals surface area contributed by atoms with E-state index >= 15 is 0 Å². The van der Waals surface area contributed by atoms with Crippen molar-refractivity contribution in [1.82, 2.24) is 0 Å². The zero-order chi connectivity index (χ0) is 17.5. The van der Waals surface area contributed by atoms with Crippen LogP contribution in [0.2, 0.25) is 19.1 Å². The molecular formula is C22H40OSi. The van der Waals surface area contributed by atoms with Crippen LogP contribution in [0.4, 0.5) is 0 Å². The molecule has 0 amide bonds. The van der Waals surface area contributed by atoms with Gasteiger partial charge >= 0.3 is 0 Å². The van der Waals surface area contributed by atoms with Crippen LogP contribution in [0.1, 0.15) is 71.1 Å². The summed E-state index contributed by atoms with van der Waals surface area (Å²) < 4.78 is 5.37. The van der Waals surface area contributed by atoms with Gasteiger partial charge < -0.3 is 4.74 Å². The van der Waals surface area contributed by atoms with Crippen LogP contribution in [0, 0.1) is 0 Å². The van der Waals surface area contributed by atoms with E-state index in [-0.39, 0.29) is 0 Å². The highest BCUT2D eigenvalue weighted by Crippen LogP contribution is 2.17. The van der Waals surface area contributed by atoms with Gasteiger partial charge in [0.25, 0.3) is 0 Å². The summed E-state index contributed by atoms with van der Waals surface area (Å²) in [5, 5.41) is 1.62. The van der Waals surface area contributed by atoms with Crippen molar-refractivity contribution in [3.63, 3.8) is 0 Å². The molecule has 0 saturated heterocycles. The minimum atomic E-state index is -1.19. The lowest BCUT2D eigenvalue weighted by Crippen LogP contribution is -2.40. The normalized spacial score (nSPS) is 11.8. The molecule has 0 atom stereocenters. The Hall–Kier alpha value is -0.603. The van der Waals surface area contributed by atoms with Gasteiger partial charge in [0, 0.05) is 13.2 Å². The quantitative estimate of drug-likeness (QED) is 0.258. The van der Waals surface area contributed by atoms with E-state index in [2.05, 4.69) is 50.3 Å². The lowest BCUT2D eigenvalue weighted by Gasteiger charge is -2.22. The second-order valence-corrected chi connectivity index (χ2v) is 12.6. The van der Waals surface area contributed by atoms with Crippen LogP contribution in [-0.2, 0) is 4.74 Å². The molecule has 1 aromatic rings. The molecule has 138 valence electrons. The number of benzene rings is 1. The molecule has 0 aliphatic rings. The Bertz CT molecular complexity index is 388. The van der Waals surface area contributed by atoms with Crippen molar-refractivity contribution in [3.05, 3.63) is 30.3 Å². The van der Waals surface area contributed by atoms with Gasteiger partial charge in [-0.25, -0.2) is 0 Å². The number of hydrogen-bond donors (Lipinski definition) is 0. The highest BCUT2D eigenvalue weighted by atomic mass is 28.3. The molecule has 2 heteroatoms. The first kappa shape index (κ1) is 21.4. The van der Waals surface area contributed by atoms with Crippen LogP contribution < -0.4 is 5.19 Å². The molecule has 0 fully saturated rings. The molecule has 24 heavy (non-hydrogen) atoms. The molecule has 0 bridgehead atoms. The van der Waals surface area contributed by atoms with Crippen molar-refractivity contribution in [1.29, 1.82) is 0 Å². The SMILES string of the molecule is CCOCCCCCCCCCCCC[Si](C)(C)c1ccccc1. The number of ether oxygens (including phenoxy) is 1. The van der Waals surface area contributed by atoms with Gasteiger partial charge in [0.15, 0.2) is 0 Å². The monoisotopic (exact) mass is 348 g/mol. The third kappa shape index (κ3) is 10.3. The fourth-order valence-corrected chi connectivity index (χ4v) is 5.88. The Balaban J connectivity index is 1.90. The van der Waals surface area contributed by atoms with Crippen LogP contribution >= 0.6 is 0 Å². The molecule has 0 radical (unpaired) electrons. The van der Waals surface area contributed by atoms with Crippen LogP contribution in [0.15, 0.2) is 30.3 Å². The predicted octanol–water partition coefficient (Wildman–Crippen LogP) is 6.54. The topological polar surface area (TPSA) is 9.23 Å². The van der Waals surface area contributed by atoms with E-state index in [9.17, 15) is 0 Å². The van der Waals surface area contributed by atoms with Gasteiger partial charge in [-0.15, -0.1) is 0 Å². The fraction of sp³-hybridized carbons (Fsp3) is 0.727. The summed E-state index contributed by atoms with van der Waals surface area (Å²) in [7, 11) is -1.19. The highest BCUT2D eigenvalue weighted by Gasteiger charge is 2.21. The van der Waals surface area contributed by atoms with Crippen molar-refractivity contribution in [2.75, 3.05) is 13.2 Å². The summed E-state index contributed by atoms with van der Waals surface area (Å²) in [6, 6.07) is 12.6. The number of rotatable bonds is 15. The zero-order valence-electron chi connectivity index (χ0n) is 16.5. The maximum atomic E-state index is 5.37. The Morgan fingerprint density at radius 2 is 1.21 bits per heavy atom. The molecule has 0 spiro atoms. The Labute approximate surface area is 152 Å². The van der Waals surface area contributed by atoms with Gasteiger partial charge in [-0.3, -0.25) is 0 Å². The average Bonchev–Trinajstić information content (AvgIpc) is 2.60. The van der Waals surface area contributed by atoms with E-state index < -0.39 is 8.07 Å². The largest absolute Gasteiger partial charge is 0.382 e. The van der Waals surface area contributed by atoms with Gasteiger partial charge in [-0.2, -0.15) is 0 Å². The molecule has 1 aromatic carbocycles. The minimum absolute atomic E-state index is 0.866. The maximum absolute atomic E-state index is 5.37.